The number of allylic oxidation sites excluding steroid dienone is 3. The summed E-state index contributed by atoms with van der Waals surface area (Å²) >= 11 is 0. The van der Waals surface area contributed by atoms with Crippen molar-refractivity contribution in [3.63, 3.8) is 0 Å². The predicted octanol–water partition coefficient (Wildman–Crippen LogP) is 2.90. The number of carbonyl (C=O) groups excluding carboxylic acids is 2. The number of anilines is 1. The van der Waals surface area contributed by atoms with Gasteiger partial charge in [-0.3, -0.25) is 35.2 Å². The van der Waals surface area contributed by atoms with Crippen LogP contribution in [0.1, 0.15) is 19.8 Å². The van der Waals surface area contributed by atoms with Crippen molar-refractivity contribution in [2.24, 2.45) is 10.5 Å². The first-order valence-electron chi connectivity index (χ1n) is 8.84. The number of hydrogen-bond donors (Lipinski definition) is 1. The van der Waals surface area contributed by atoms with Crippen LogP contribution in [0.2, 0.25) is 0 Å². The summed E-state index contributed by atoms with van der Waals surface area (Å²) in [6, 6.07) is 3.06. The van der Waals surface area contributed by atoms with Gasteiger partial charge >= 0.3 is 17.6 Å². The number of carbonyl (C=O) groups is 2. The van der Waals surface area contributed by atoms with Crippen LogP contribution >= 0.6 is 0 Å². The molecule has 1 aromatic rings. The monoisotopic (exact) mass is 432 g/mol. The van der Waals surface area contributed by atoms with E-state index in [-0.39, 0.29) is 18.5 Å². The Morgan fingerprint density at radius 2 is 1.77 bits per heavy atom. The molecule has 1 aliphatic carbocycles. The molecule has 0 unspecified atom stereocenters. The van der Waals surface area contributed by atoms with Crippen LogP contribution in [0.25, 0.3) is 0 Å². The number of rotatable bonds is 7. The molecule has 2 rings (SSSR count). The molecule has 0 amide bonds. The van der Waals surface area contributed by atoms with E-state index >= 15 is 0 Å². The fourth-order valence-corrected chi connectivity index (χ4v) is 3.21. The lowest BCUT2D eigenvalue weighted by molar-refractivity contribution is -0.393. The number of ether oxygens (including phenoxy) is 2. The number of esters is 2. The summed E-state index contributed by atoms with van der Waals surface area (Å²) in [6.45, 7) is 5.63. The SMILES string of the molecule is C=C1CC(C(=O)OC)(C(=O)OC)CC(/C=N/Nc2ccc([N+](=O)[O-])cc2[N+](=O)[O-])=C1C. The van der Waals surface area contributed by atoms with Gasteiger partial charge in [-0.1, -0.05) is 12.2 Å². The summed E-state index contributed by atoms with van der Waals surface area (Å²) in [4.78, 5) is 45.4. The molecule has 0 radical (unpaired) electrons. The van der Waals surface area contributed by atoms with E-state index in [9.17, 15) is 29.8 Å². The summed E-state index contributed by atoms with van der Waals surface area (Å²) in [6.07, 6.45) is 1.23. The molecule has 1 N–H and O–H groups in total. The van der Waals surface area contributed by atoms with Crippen LogP contribution in [-0.2, 0) is 19.1 Å². The average molecular weight is 432 g/mol. The third kappa shape index (κ3) is 4.57. The molecule has 0 saturated heterocycles. The van der Waals surface area contributed by atoms with E-state index in [2.05, 4.69) is 17.1 Å². The van der Waals surface area contributed by atoms with Crippen LogP contribution in [0, 0.1) is 25.6 Å². The number of hydrazone groups is 1. The van der Waals surface area contributed by atoms with Gasteiger partial charge < -0.3 is 9.47 Å². The van der Waals surface area contributed by atoms with E-state index in [0.717, 1.165) is 32.4 Å². The Balaban J connectivity index is 2.37. The molecule has 0 heterocycles. The number of nitro benzene ring substituents is 2. The molecular weight excluding hydrogens is 412 g/mol. The van der Waals surface area contributed by atoms with E-state index in [1.807, 2.05) is 0 Å². The second-order valence-electron chi connectivity index (χ2n) is 6.76. The molecule has 164 valence electrons. The minimum Gasteiger partial charge on any atom is -0.468 e. The van der Waals surface area contributed by atoms with Gasteiger partial charge in [-0.25, -0.2) is 0 Å². The maximum Gasteiger partial charge on any atom is 0.323 e. The Kier molecular flexibility index (Phi) is 6.85. The van der Waals surface area contributed by atoms with Gasteiger partial charge in [-0.2, -0.15) is 5.10 Å². The Morgan fingerprint density at radius 1 is 1.16 bits per heavy atom. The molecule has 0 aliphatic heterocycles. The van der Waals surface area contributed by atoms with Crippen LogP contribution in [0.15, 0.2) is 46.6 Å². The van der Waals surface area contributed by atoms with Crippen molar-refractivity contribution in [1.29, 1.82) is 0 Å². The summed E-state index contributed by atoms with van der Waals surface area (Å²) in [5, 5.41) is 26.0. The highest BCUT2D eigenvalue weighted by molar-refractivity contribution is 6.03. The van der Waals surface area contributed by atoms with Crippen molar-refractivity contribution in [2.75, 3.05) is 19.6 Å². The maximum absolute atomic E-state index is 12.4. The number of methoxy groups -OCH3 is 2. The lowest BCUT2D eigenvalue weighted by atomic mass is 9.70. The minimum absolute atomic E-state index is 0.0107. The zero-order valence-corrected chi connectivity index (χ0v) is 17.0. The van der Waals surface area contributed by atoms with Gasteiger partial charge in [0.15, 0.2) is 5.41 Å². The van der Waals surface area contributed by atoms with Gasteiger partial charge in [0, 0.05) is 12.5 Å². The molecule has 31 heavy (non-hydrogen) atoms. The number of nitrogens with one attached hydrogen (secondary N) is 1. The molecule has 0 fully saturated rings. The second kappa shape index (κ2) is 9.15. The zero-order valence-electron chi connectivity index (χ0n) is 17.0. The third-order valence-corrected chi connectivity index (χ3v) is 4.97. The fraction of sp³-hybridized carbons (Fsp3) is 0.316. The van der Waals surface area contributed by atoms with E-state index in [4.69, 9.17) is 9.47 Å². The Bertz CT molecular complexity index is 1010. The lowest BCUT2D eigenvalue weighted by Gasteiger charge is -2.34. The minimum atomic E-state index is -1.62. The van der Waals surface area contributed by atoms with Crippen molar-refractivity contribution in [2.45, 2.75) is 19.8 Å². The van der Waals surface area contributed by atoms with Gasteiger partial charge in [0.2, 0.25) is 0 Å². The van der Waals surface area contributed by atoms with Crippen molar-refractivity contribution in [1.82, 2.24) is 0 Å². The maximum atomic E-state index is 12.4. The topological polar surface area (TPSA) is 163 Å². The highest BCUT2D eigenvalue weighted by Gasteiger charge is 2.51. The quantitative estimate of drug-likeness (QED) is 0.224. The van der Waals surface area contributed by atoms with Crippen molar-refractivity contribution < 1.29 is 28.9 Å². The van der Waals surface area contributed by atoms with Crippen molar-refractivity contribution in [3.05, 3.63) is 61.7 Å². The van der Waals surface area contributed by atoms with Gasteiger partial charge in [-0.05, 0) is 30.6 Å². The summed E-state index contributed by atoms with van der Waals surface area (Å²) in [5.74, 6) is -1.56. The van der Waals surface area contributed by atoms with Crippen LogP contribution in [0.4, 0.5) is 17.1 Å². The van der Waals surface area contributed by atoms with Crippen molar-refractivity contribution >= 4 is 35.2 Å². The van der Waals surface area contributed by atoms with Gasteiger partial charge in [0.25, 0.3) is 5.69 Å². The van der Waals surface area contributed by atoms with Gasteiger partial charge in [-0.15, -0.1) is 0 Å². The number of hydrogen-bond acceptors (Lipinski definition) is 10. The largest absolute Gasteiger partial charge is 0.468 e. The first-order chi connectivity index (χ1) is 14.6. The first kappa shape index (κ1) is 23.2. The number of non-ortho nitro benzene ring substituents is 1. The predicted molar refractivity (Wildman–Crippen MR) is 109 cm³/mol. The Morgan fingerprint density at radius 3 is 2.29 bits per heavy atom. The van der Waals surface area contributed by atoms with E-state index in [0.29, 0.717) is 16.7 Å². The van der Waals surface area contributed by atoms with Crippen LogP contribution in [0.5, 0.6) is 0 Å². The molecule has 0 spiro atoms. The normalized spacial score (nSPS) is 15.5. The zero-order chi connectivity index (χ0) is 23.3. The van der Waals surface area contributed by atoms with Crippen LogP contribution in [0.3, 0.4) is 0 Å². The van der Waals surface area contributed by atoms with E-state index < -0.39 is 38.6 Å². The molecule has 1 aromatic carbocycles. The average Bonchev–Trinajstić information content (AvgIpc) is 2.75. The van der Waals surface area contributed by atoms with E-state index in [1.165, 1.54) is 6.21 Å². The standard InChI is InChI=1S/C19H20N4O8/c1-11-8-19(17(24)30-3,18(25)31-4)9-13(12(11)2)10-20-21-15-6-5-14(22(26)27)7-16(15)23(28)29/h5-7,10,21H,1,8-9H2,2-4H3/b20-10+. The highest BCUT2D eigenvalue weighted by Crippen LogP contribution is 2.43. The van der Waals surface area contributed by atoms with Crippen LogP contribution in [-0.4, -0.2) is 42.2 Å². The lowest BCUT2D eigenvalue weighted by Crippen LogP contribution is -2.44. The number of benzene rings is 1. The summed E-state index contributed by atoms with van der Waals surface area (Å²) in [5.41, 5.74) is 1.44. The van der Waals surface area contributed by atoms with Gasteiger partial charge in [0.1, 0.15) is 5.69 Å². The number of nitrogens with zero attached hydrogens (tertiary/aromatic N) is 3. The third-order valence-electron chi connectivity index (χ3n) is 4.97. The molecule has 12 heteroatoms. The van der Waals surface area contributed by atoms with Crippen LogP contribution < -0.4 is 5.43 Å². The van der Waals surface area contributed by atoms with E-state index in [1.54, 1.807) is 6.92 Å². The molecule has 12 nitrogen and oxygen atoms in total. The smallest absolute Gasteiger partial charge is 0.323 e. The Hall–Kier alpha value is -4.09. The van der Waals surface area contributed by atoms with Gasteiger partial charge in [0.05, 0.1) is 36.3 Å². The van der Waals surface area contributed by atoms with Crippen molar-refractivity contribution in [3.8, 4) is 0 Å². The first-order valence-corrected chi connectivity index (χ1v) is 8.84. The molecule has 0 aromatic heterocycles. The molecule has 0 bridgehead atoms. The fourth-order valence-electron chi connectivity index (χ4n) is 3.21. The molecule has 1 aliphatic rings. The molecule has 0 atom stereocenters. The molecule has 0 saturated carbocycles. The number of nitro groups is 2. The summed E-state index contributed by atoms with van der Waals surface area (Å²) < 4.78 is 9.60. The Labute approximate surface area is 176 Å². The summed E-state index contributed by atoms with van der Waals surface area (Å²) in [7, 11) is 2.31. The second-order valence-corrected chi connectivity index (χ2v) is 6.76. The highest BCUT2D eigenvalue weighted by atomic mass is 16.6. The molecular formula is C19H20N4O8.